The molecule has 0 unspecified atom stereocenters. The van der Waals surface area contributed by atoms with Crippen LogP contribution in [0.15, 0.2) is 18.2 Å². The van der Waals surface area contributed by atoms with Crippen LogP contribution < -0.4 is 4.74 Å². The number of hydrogen-bond donors (Lipinski definition) is 1. The van der Waals surface area contributed by atoms with E-state index in [-0.39, 0.29) is 0 Å². The van der Waals surface area contributed by atoms with Gasteiger partial charge in [0, 0.05) is 0 Å². The van der Waals surface area contributed by atoms with Crippen LogP contribution in [0.5, 0.6) is 11.5 Å². The molecule has 0 aliphatic rings. The van der Waals surface area contributed by atoms with Gasteiger partial charge < -0.3 is 9.84 Å². The Labute approximate surface area is 80.9 Å². The first kappa shape index (κ1) is 11.5. The second-order valence-corrected chi connectivity index (χ2v) is 2.57. The van der Waals surface area contributed by atoms with Gasteiger partial charge in [0.2, 0.25) is 0 Å². The Balaban J connectivity index is 2.98. The molecule has 0 amide bonds. The van der Waals surface area contributed by atoms with Crippen molar-refractivity contribution in [3.63, 3.8) is 0 Å². The van der Waals surface area contributed by atoms with E-state index in [1.165, 1.54) is 0 Å². The largest absolute Gasteiger partial charge is 0.573 e. The van der Waals surface area contributed by atoms with Crippen LogP contribution in [0.4, 0.5) is 22.0 Å². The molecule has 84 valence electrons. The van der Waals surface area contributed by atoms with Crippen molar-refractivity contribution in [2.24, 2.45) is 0 Å². The van der Waals surface area contributed by atoms with Crippen LogP contribution in [0.3, 0.4) is 0 Å². The summed E-state index contributed by atoms with van der Waals surface area (Å²) in [6, 6.07) is 1.89. The molecule has 0 fully saturated rings. The van der Waals surface area contributed by atoms with Crippen LogP contribution >= 0.6 is 0 Å². The summed E-state index contributed by atoms with van der Waals surface area (Å²) in [5, 5.41) is 8.89. The standard InChI is InChI=1S/C8H5F5O2/c9-7(10)5-3-4(1-2-6(5)14)15-8(11,12)13/h1-3,7,14H. The SMILES string of the molecule is Oc1ccc(OC(F)(F)F)cc1C(F)F. The van der Waals surface area contributed by atoms with Crippen molar-refractivity contribution in [2.75, 3.05) is 0 Å². The minimum Gasteiger partial charge on any atom is -0.507 e. The molecule has 0 spiro atoms. The number of hydrogen-bond acceptors (Lipinski definition) is 2. The molecule has 0 heterocycles. The Hall–Kier alpha value is -1.53. The molecule has 1 aromatic carbocycles. The maximum Gasteiger partial charge on any atom is 0.573 e. The Kier molecular flexibility index (Phi) is 3.01. The Bertz CT molecular complexity index is 347. The predicted molar refractivity (Wildman–Crippen MR) is 39.7 cm³/mol. The van der Waals surface area contributed by atoms with E-state index in [0.29, 0.717) is 12.1 Å². The lowest BCUT2D eigenvalue weighted by atomic mass is 10.2. The van der Waals surface area contributed by atoms with Gasteiger partial charge in [-0.05, 0) is 18.2 Å². The number of ether oxygens (including phenoxy) is 1. The van der Waals surface area contributed by atoms with Crippen LogP contribution in [0.2, 0.25) is 0 Å². The Morgan fingerprint density at radius 1 is 1.20 bits per heavy atom. The summed E-state index contributed by atoms with van der Waals surface area (Å²) in [7, 11) is 0. The monoisotopic (exact) mass is 228 g/mol. The number of alkyl halides is 5. The molecule has 0 atom stereocenters. The van der Waals surface area contributed by atoms with Gasteiger partial charge in [0.05, 0.1) is 5.56 Å². The summed E-state index contributed by atoms with van der Waals surface area (Å²) in [6.07, 6.45) is -8.02. The first-order valence-electron chi connectivity index (χ1n) is 3.66. The first-order valence-corrected chi connectivity index (χ1v) is 3.66. The zero-order valence-corrected chi connectivity index (χ0v) is 7.05. The molecule has 7 heteroatoms. The number of benzene rings is 1. The Morgan fingerprint density at radius 3 is 2.27 bits per heavy atom. The highest BCUT2D eigenvalue weighted by Crippen LogP contribution is 2.33. The number of rotatable bonds is 2. The van der Waals surface area contributed by atoms with Crippen LogP contribution in [0.1, 0.15) is 12.0 Å². The lowest BCUT2D eigenvalue weighted by Crippen LogP contribution is -2.17. The molecular weight excluding hydrogens is 223 g/mol. The average Bonchev–Trinajstić information content (AvgIpc) is 2.05. The fraction of sp³-hybridized carbons (Fsp3) is 0.250. The van der Waals surface area contributed by atoms with E-state index in [4.69, 9.17) is 5.11 Å². The molecule has 0 aliphatic carbocycles. The van der Waals surface area contributed by atoms with Crippen molar-refractivity contribution in [2.45, 2.75) is 12.8 Å². The maximum absolute atomic E-state index is 12.1. The van der Waals surface area contributed by atoms with Gasteiger partial charge in [-0.1, -0.05) is 0 Å². The molecule has 0 bridgehead atoms. The smallest absolute Gasteiger partial charge is 0.507 e. The van der Waals surface area contributed by atoms with Gasteiger partial charge in [-0.25, -0.2) is 8.78 Å². The third-order valence-electron chi connectivity index (χ3n) is 1.47. The summed E-state index contributed by atoms with van der Waals surface area (Å²) in [5.41, 5.74) is -0.906. The second-order valence-electron chi connectivity index (χ2n) is 2.57. The van der Waals surface area contributed by atoms with Crippen LogP contribution in [-0.2, 0) is 0 Å². The van der Waals surface area contributed by atoms with Crippen LogP contribution in [-0.4, -0.2) is 11.5 Å². The fourth-order valence-electron chi connectivity index (χ4n) is 0.905. The van der Waals surface area contributed by atoms with E-state index < -0.39 is 29.9 Å². The third kappa shape index (κ3) is 3.26. The van der Waals surface area contributed by atoms with E-state index in [1.807, 2.05) is 0 Å². The quantitative estimate of drug-likeness (QED) is 0.787. The van der Waals surface area contributed by atoms with Gasteiger partial charge in [0.25, 0.3) is 6.43 Å². The molecule has 0 aliphatic heterocycles. The zero-order valence-electron chi connectivity index (χ0n) is 7.05. The van der Waals surface area contributed by atoms with Crippen molar-refractivity contribution >= 4 is 0 Å². The van der Waals surface area contributed by atoms with E-state index in [0.717, 1.165) is 6.07 Å². The lowest BCUT2D eigenvalue weighted by molar-refractivity contribution is -0.274. The van der Waals surface area contributed by atoms with Crippen molar-refractivity contribution in [1.29, 1.82) is 0 Å². The van der Waals surface area contributed by atoms with E-state index >= 15 is 0 Å². The van der Waals surface area contributed by atoms with E-state index in [9.17, 15) is 22.0 Å². The van der Waals surface area contributed by atoms with Gasteiger partial charge in [-0.3, -0.25) is 0 Å². The van der Waals surface area contributed by atoms with Crippen molar-refractivity contribution in [3.05, 3.63) is 23.8 Å². The molecule has 15 heavy (non-hydrogen) atoms. The molecule has 2 nitrogen and oxygen atoms in total. The van der Waals surface area contributed by atoms with Gasteiger partial charge in [0.15, 0.2) is 0 Å². The van der Waals surface area contributed by atoms with Gasteiger partial charge in [-0.15, -0.1) is 13.2 Å². The fourth-order valence-corrected chi connectivity index (χ4v) is 0.905. The van der Waals surface area contributed by atoms with E-state index in [1.54, 1.807) is 0 Å². The summed E-state index contributed by atoms with van der Waals surface area (Å²) in [6.45, 7) is 0. The highest BCUT2D eigenvalue weighted by atomic mass is 19.4. The summed E-state index contributed by atoms with van der Waals surface area (Å²) >= 11 is 0. The number of halogens is 5. The lowest BCUT2D eigenvalue weighted by Gasteiger charge is -2.10. The minimum atomic E-state index is -4.95. The van der Waals surface area contributed by atoms with Crippen molar-refractivity contribution < 1.29 is 31.8 Å². The molecule has 0 saturated heterocycles. The van der Waals surface area contributed by atoms with Crippen LogP contribution in [0, 0.1) is 0 Å². The van der Waals surface area contributed by atoms with Crippen molar-refractivity contribution in [3.8, 4) is 11.5 Å². The molecule has 1 aromatic rings. The van der Waals surface area contributed by atoms with Gasteiger partial charge >= 0.3 is 6.36 Å². The zero-order chi connectivity index (χ0) is 11.6. The minimum absolute atomic E-state index is 0.438. The number of aromatic hydroxyl groups is 1. The van der Waals surface area contributed by atoms with E-state index in [2.05, 4.69) is 4.74 Å². The highest BCUT2D eigenvalue weighted by Gasteiger charge is 2.31. The molecule has 1 rings (SSSR count). The summed E-state index contributed by atoms with van der Waals surface area (Å²) < 4.78 is 62.8. The Morgan fingerprint density at radius 2 is 1.80 bits per heavy atom. The molecule has 0 radical (unpaired) electrons. The predicted octanol–water partition coefficient (Wildman–Crippen LogP) is 3.23. The maximum atomic E-state index is 12.1. The second kappa shape index (κ2) is 3.92. The summed E-state index contributed by atoms with van der Waals surface area (Å²) in [5.74, 6) is -1.57. The molecular formula is C8H5F5O2. The topological polar surface area (TPSA) is 29.5 Å². The van der Waals surface area contributed by atoms with Crippen LogP contribution in [0.25, 0.3) is 0 Å². The van der Waals surface area contributed by atoms with Gasteiger partial charge in [-0.2, -0.15) is 0 Å². The van der Waals surface area contributed by atoms with Gasteiger partial charge in [0.1, 0.15) is 11.5 Å². The summed E-state index contributed by atoms with van der Waals surface area (Å²) in [4.78, 5) is 0. The van der Waals surface area contributed by atoms with Crippen molar-refractivity contribution in [1.82, 2.24) is 0 Å². The number of phenols is 1. The third-order valence-corrected chi connectivity index (χ3v) is 1.47. The average molecular weight is 228 g/mol. The highest BCUT2D eigenvalue weighted by molar-refractivity contribution is 5.40. The molecule has 1 N–H and O–H groups in total. The first-order chi connectivity index (χ1) is 6.79. The normalized spacial score (nSPS) is 11.9. The number of phenolic OH excluding ortho intramolecular Hbond substituents is 1. The molecule has 0 saturated carbocycles. The molecule has 0 aromatic heterocycles.